The molecule has 2 fully saturated rings. The number of fused-ring (bicyclic) bond motifs is 3. The number of aromatic nitrogens is 2. The summed E-state index contributed by atoms with van der Waals surface area (Å²) in [5.41, 5.74) is 1.24. The highest BCUT2D eigenvalue weighted by Crippen LogP contribution is 2.43. The summed E-state index contributed by atoms with van der Waals surface area (Å²) in [4.78, 5) is 7.10. The Hall–Kier alpha value is -2.02. The second-order valence-corrected chi connectivity index (χ2v) is 8.88. The molecule has 4 heterocycles. The SMILES string of the molecule is OC1(Cc2ccc(F)cc2F)C[C@H]2CC[C@@H](C1)N2Cc1cn2cc(Cl)ccc2n1. The van der Waals surface area contributed by atoms with Gasteiger partial charge in [-0.15, -0.1) is 0 Å². The molecular weight excluding hydrogens is 396 g/mol. The van der Waals surface area contributed by atoms with E-state index < -0.39 is 17.2 Å². The van der Waals surface area contributed by atoms with Crippen molar-refractivity contribution in [3.63, 3.8) is 0 Å². The predicted molar refractivity (Wildman–Crippen MR) is 107 cm³/mol. The van der Waals surface area contributed by atoms with Gasteiger partial charge in [-0.1, -0.05) is 17.7 Å². The third-order valence-corrected chi connectivity index (χ3v) is 6.57. The van der Waals surface area contributed by atoms with Crippen molar-refractivity contribution in [2.45, 2.75) is 56.3 Å². The highest BCUT2D eigenvalue weighted by atomic mass is 35.5. The Morgan fingerprint density at radius 2 is 1.86 bits per heavy atom. The Morgan fingerprint density at radius 1 is 1.10 bits per heavy atom. The molecule has 2 aliphatic heterocycles. The number of hydrogen-bond donors (Lipinski definition) is 1. The maximum atomic E-state index is 14.1. The van der Waals surface area contributed by atoms with Crippen LogP contribution in [0, 0.1) is 11.6 Å². The summed E-state index contributed by atoms with van der Waals surface area (Å²) in [6.07, 6.45) is 7.24. The van der Waals surface area contributed by atoms with E-state index in [9.17, 15) is 13.9 Å². The van der Waals surface area contributed by atoms with Crippen LogP contribution >= 0.6 is 11.6 Å². The van der Waals surface area contributed by atoms with Crippen LogP contribution < -0.4 is 0 Å². The van der Waals surface area contributed by atoms with Crippen LogP contribution in [0.25, 0.3) is 5.65 Å². The first kappa shape index (κ1) is 19.0. The Bertz CT molecular complexity index is 1060. The van der Waals surface area contributed by atoms with E-state index >= 15 is 0 Å². The van der Waals surface area contributed by atoms with Crippen molar-refractivity contribution in [2.24, 2.45) is 0 Å². The minimum Gasteiger partial charge on any atom is -0.389 e. The van der Waals surface area contributed by atoms with Crippen molar-refractivity contribution in [3.8, 4) is 0 Å². The van der Waals surface area contributed by atoms with Crippen molar-refractivity contribution >= 4 is 17.2 Å². The molecule has 3 aromatic rings. The zero-order valence-corrected chi connectivity index (χ0v) is 16.6. The lowest BCUT2D eigenvalue weighted by atomic mass is 9.81. The number of nitrogens with zero attached hydrogens (tertiary/aromatic N) is 3. The van der Waals surface area contributed by atoms with Crippen LogP contribution in [-0.2, 0) is 13.0 Å². The van der Waals surface area contributed by atoms with Gasteiger partial charge in [0.2, 0.25) is 0 Å². The van der Waals surface area contributed by atoms with Crippen molar-refractivity contribution in [3.05, 3.63) is 70.6 Å². The second kappa shape index (κ2) is 7.04. The molecule has 0 saturated carbocycles. The molecule has 2 aliphatic rings. The topological polar surface area (TPSA) is 40.8 Å². The second-order valence-electron chi connectivity index (χ2n) is 8.45. The van der Waals surface area contributed by atoms with Crippen molar-refractivity contribution in [1.82, 2.24) is 14.3 Å². The fourth-order valence-corrected chi connectivity index (χ4v) is 5.28. The standard InChI is InChI=1S/C22H22ClF2N3O/c23-15-2-6-21-26-17(12-27(21)11-15)13-28-18-4-5-19(28)10-22(29,9-18)8-14-1-3-16(24)7-20(14)25/h1-3,6-7,11-12,18-19,29H,4-5,8-10,13H2/t18-,19+,22?. The van der Waals surface area contributed by atoms with Gasteiger partial charge in [-0.2, -0.15) is 0 Å². The van der Waals surface area contributed by atoms with Crippen LogP contribution in [0.1, 0.15) is 36.9 Å². The molecule has 7 heteroatoms. The van der Waals surface area contributed by atoms with E-state index in [4.69, 9.17) is 11.6 Å². The van der Waals surface area contributed by atoms with Crippen LogP contribution in [0.5, 0.6) is 0 Å². The normalized spacial score (nSPS) is 27.0. The smallest absolute Gasteiger partial charge is 0.137 e. The lowest BCUT2D eigenvalue weighted by molar-refractivity contribution is -0.0547. The van der Waals surface area contributed by atoms with Gasteiger partial charge in [0.1, 0.15) is 17.3 Å². The number of benzene rings is 1. The molecule has 4 nitrogen and oxygen atoms in total. The van der Waals surface area contributed by atoms with Crippen LogP contribution in [-0.4, -0.2) is 37.1 Å². The number of aliphatic hydroxyl groups is 1. The van der Waals surface area contributed by atoms with E-state index in [0.717, 1.165) is 36.8 Å². The van der Waals surface area contributed by atoms with Crippen LogP contribution in [0.3, 0.4) is 0 Å². The minimum atomic E-state index is -0.965. The lowest BCUT2D eigenvalue weighted by Gasteiger charge is -2.43. The molecule has 0 aliphatic carbocycles. The third-order valence-electron chi connectivity index (χ3n) is 6.35. The summed E-state index contributed by atoms with van der Waals surface area (Å²) in [6.45, 7) is 0.718. The van der Waals surface area contributed by atoms with Gasteiger partial charge in [-0.05, 0) is 49.4 Å². The van der Waals surface area contributed by atoms with Gasteiger partial charge < -0.3 is 9.51 Å². The number of hydrogen-bond acceptors (Lipinski definition) is 3. The van der Waals surface area contributed by atoms with E-state index in [-0.39, 0.29) is 18.5 Å². The fourth-order valence-electron chi connectivity index (χ4n) is 5.12. The average molecular weight is 418 g/mol. The zero-order chi connectivity index (χ0) is 20.2. The number of rotatable bonds is 4. The molecular formula is C22H22ClF2N3O. The Labute approximate surface area is 172 Å². The summed E-state index contributed by atoms with van der Waals surface area (Å²) in [5, 5.41) is 11.9. The van der Waals surface area contributed by atoms with E-state index in [2.05, 4.69) is 9.88 Å². The van der Waals surface area contributed by atoms with Gasteiger partial charge in [-0.3, -0.25) is 4.90 Å². The van der Waals surface area contributed by atoms with Crippen LogP contribution in [0.2, 0.25) is 5.02 Å². The number of piperidine rings is 1. The zero-order valence-electron chi connectivity index (χ0n) is 15.9. The lowest BCUT2D eigenvalue weighted by Crippen LogP contribution is -2.51. The average Bonchev–Trinajstić information content (AvgIpc) is 3.16. The molecule has 1 unspecified atom stereocenters. The van der Waals surface area contributed by atoms with E-state index in [0.29, 0.717) is 23.4 Å². The van der Waals surface area contributed by atoms with Gasteiger partial charge in [0.25, 0.3) is 0 Å². The summed E-state index contributed by atoms with van der Waals surface area (Å²) in [5.74, 6) is -1.18. The molecule has 1 N–H and O–H groups in total. The molecule has 0 radical (unpaired) electrons. The predicted octanol–water partition coefficient (Wildman–Crippen LogP) is 4.37. The first-order valence-corrected chi connectivity index (χ1v) is 10.3. The number of pyridine rings is 1. The molecule has 0 amide bonds. The molecule has 1 aromatic carbocycles. The van der Waals surface area contributed by atoms with Gasteiger partial charge in [0, 0.05) is 43.5 Å². The van der Waals surface area contributed by atoms with E-state index in [1.54, 1.807) is 0 Å². The molecule has 2 bridgehead atoms. The monoisotopic (exact) mass is 417 g/mol. The van der Waals surface area contributed by atoms with Crippen LogP contribution in [0.15, 0.2) is 42.7 Å². The Kier molecular flexibility index (Phi) is 4.61. The maximum absolute atomic E-state index is 14.1. The molecule has 5 rings (SSSR count). The maximum Gasteiger partial charge on any atom is 0.137 e. The van der Waals surface area contributed by atoms with Gasteiger partial charge in [0.05, 0.1) is 16.3 Å². The quantitative estimate of drug-likeness (QED) is 0.685. The largest absolute Gasteiger partial charge is 0.389 e. The van der Waals surface area contributed by atoms with Crippen molar-refractivity contribution < 1.29 is 13.9 Å². The Morgan fingerprint density at radius 3 is 2.59 bits per heavy atom. The summed E-state index contributed by atoms with van der Waals surface area (Å²) in [6, 6.07) is 7.77. The summed E-state index contributed by atoms with van der Waals surface area (Å²) < 4.78 is 29.2. The summed E-state index contributed by atoms with van der Waals surface area (Å²) >= 11 is 6.06. The molecule has 3 atom stereocenters. The molecule has 2 saturated heterocycles. The Balaban J connectivity index is 1.32. The molecule has 152 valence electrons. The highest BCUT2D eigenvalue weighted by molar-refractivity contribution is 6.30. The first-order chi connectivity index (χ1) is 13.9. The molecule has 0 spiro atoms. The van der Waals surface area contributed by atoms with E-state index in [1.165, 1.54) is 12.1 Å². The van der Waals surface area contributed by atoms with Gasteiger partial charge >= 0.3 is 0 Å². The summed E-state index contributed by atoms with van der Waals surface area (Å²) in [7, 11) is 0. The molecule has 2 aromatic heterocycles. The first-order valence-electron chi connectivity index (χ1n) is 9.94. The van der Waals surface area contributed by atoms with Gasteiger partial charge in [0.15, 0.2) is 0 Å². The van der Waals surface area contributed by atoms with Crippen molar-refractivity contribution in [1.29, 1.82) is 0 Å². The highest BCUT2D eigenvalue weighted by Gasteiger charge is 2.47. The van der Waals surface area contributed by atoms with Crippen LogP contribution in [0.4, 0.5) is 8.78 Å². The minimum absolute atomic E-state index is 0.215. The fraction of sp³-hybridized carbons (Fsp3) is 0.409. The third kappa shape index (κ3) is 3.65. The number of halogens is 3. The van der Waals surface area contributed by atoms with Gasteiger partial charge in [-0.25, -0.2) is 13.8 Å². The number of imidazole rings is 1. The van der Waals surface area contributed by atoms with E-state index in [1.807, 2.05) is 28.9 Å². The van der Waals surface area contributed by atoms with Crippen molar-refractivity contribution in [2.75, 3.05) is 0 Å². The molecule has 29 heavy (non-hydrogen) atoms.